The van der Waals surface area contributed by atoms with E-state index in [0.29, 0.717) is 25.8 Å². The number of sulfonamides is 1. The van der Waals surface area contributed by atoms with Gasteiger partial charge < -0.3 is 5.11 Å². The molecule has 3 rings (SSSR count). The Morgan fingerprint density at radius 2 is 2.05 bits per heavy atom. The summed E-state index contributed by atoms with van der Waals surface area (Å²) in [5.41, 5.74) is 0.0416. The summed E-state index contributed by atoms with van der Waals surface area (Å²) in [4.78, 5) is 0. The number of hydrogen-bond donors (Lipinski definition) is 1. The molecule has 0 bridgehead atoms. The summed E-state index contributed by atoms with van der Waals surface area (Å²) in [7, 11) is -3.52. The second-order valence-corrected chi connectivity index (χ2v) is 8.25. The first kappa shape index (κ1) is 15.5. The Kier molecular flexibility index (Phi) is 3.98. The van der Waals surface area contributed by atoms with E-state index in [9.17, 15) is 13.5 Å². The number of aliphatic hydroxyl groups excluding tert-OH is 1. The lowest BCUT2D eigenvalue weighted by molar-refractivity contribution is 0.107. The molecule has 2 aliphatic rings. The number of nitrogens with zero attached hydrogens (tertiary/aromatic N) is 2. The van der Waals surface area contributed by atoms with Crippen LogP contribution >= 0.6 is 0 Å². The molecular weight excluding hydrogens is 300 g/mol. The van der Waals surface area contributed by atoms with Gasteiger partial charge in [-0.05, 0) is 31.2 Å². The number of rotatable bonds is 5. The van der Waals surface area contributed by atoms with Crippen LogP contribution in [0, 0.1) is 16.7 Å². The van der Waals surface area contributed by atoms with Crippen LogP contribution in [-0.2, 0) is 10.0 Å². The van der Waals surface area contributed by atoms with Gasteiger partial charge in [-0.1, -0.05) is 30.3 Å². The highest BCUT2D eigenvalue weighted by Crippen LogP contribution is 2.47. The molecule has 1 aliphatic carbocycles. The molecule has 1 heterocycles. The van der Waals surface area contributed by atoms with Crippen LogP contribution in [0.1, 0.15) is 37.4 Å². The molecule has 0 aromatic heterocycles. The van der Waals surface area contributed by atoms with Gasteiger partial charge in [0.05, 0.1) is 29.4 Å². The molecule has 1 saturated heterocycles. The van der Waals surface area contributed by atoms with E-state index >= 15 is 0 Å². The van der Waals surface area contributed by atoms with E-state index in [1.165, 1.54) is 4.31 Å². The Morgan fingerprint density at radius 1 is 1.36 bits per heavy atom. The zero-order chi connectivity index (χ0) is 15.8. The average molecular weight is 320 g/mol. The zero-order valence-corrected chi connectivity index (χ0v) is 13.2. The molecule has 1 aromatic carbocycles. The monoisotopic (exact) mass is 320 g/mol. The number of aliphatic hydroxyl groups is 1. The molecule has 1 aromatic rings. The summed E-state index contributed by atoms with van der Waals surface area (Å²) in [5.74, 6) is -0.117. The fraction of sp³-hybridized carbons (Fsp3) is 0.562. The van der Waals surface area contributed by atoms with Crippen LogP contribution in [0.4, 0.5) is 0 Å². The molecule has 0 radical (unpaired) electrons. The number of nitriles is 1. The molecule has 5 nitrogen and oxygen atoms in total. The lowest BCUT2D eigenvalue weighted by Crippen LogP contribution is -2.41. The van der Waals surface area contributed by atoms with Crippen LogP contribution in [0.25, 0.3) is 0 Å². The summed E-state index contributed by atoms with van der Waals surface area (Å²) in [6, 6.07) is 10.9. The molecule has 1 saturated carbocycles. The van der Waals surface area contributed by atoms with Crippen LogP contribution in [0.3, 0.4) is 0 Å². The van der Waals surface area contributed by atoms with Gasteiger partial charge in [-0.15, -0.1) is 0 Å². The third-order valence-electron chi connectivity index (χ3n) is 4.66. The van der Waals surface area contributed by atoms with E-state index in [0.717, 1.165) is 12.0 Å². The first-order valence-corrected chi connectivity index (χ1v) is 9.22. The third kappa shape index (κ3) is 2.89. The molecule has 2 fully saturated rings. The third-order valence-corrected chi connectivity index (χ3v) is 6.75. The SMILES string of the molecule is N#CC1(CS(=O)(=O)N2CCCC2C(O)c2ccccc2)CC1. The molecule has 118 valence electrons. The highest BCUT2D eigenvalue weighted by molar-refractivity contribution is 7.89. The quantitative estimate of drug-likeness (QED) is 0.897. The van der Waals surface area contributed by atoms with Gasteiger partial charge >= 0.3 is 0 Å². The summed E-state index contributed by atoms with van der Waals surface area (Å²) < 4.78 is 26.7. The Bertz CT molecular complexity index is 677. The van der Waals surface area contributed by atoms with Gasteiger partial charge in [-0.3, -0.25) is 0 Å². The van der Waals surface area contributed by atoms with Crippen LogP contribution in [-0.4, -0.2) is 36.2 Å². The first-order valence-electron chi connectivity index (χ1n) is 7.61. The average Bonchev–Trinajstić information content (AvgIpc) is 3.10. The van der Waals surface area contributed by atoms with Gasteiger partial charge in [0, 0.05) is 6.54 Å². The summed E-state index contributed by atoms with van der Waals surface area (Å²) in [6.45, 7) is 0.429. The smallest absolute Gasteiger partial charge is 0.216 e. The van der Waals surface area contributed by atoms with Gasteiger partial charge in [0.1, 0.15) is 0 Å². The Labute approximate surface area is 131 Å². The molecule has 2 atom stereocenters. The highest BCUT2D eigenvalue weighted by atomic mass is 32.2. The van der Waals surface area contributed by atoms with Crippen molar-refractivity contribution in [2.75, 3.05) is 12.3 Å². The van der Waals surface area contributed by atoms with Crippen molar-refractivity contribution in [1.29, 1.82) is 5.26 Å². The standard InChI is InChI=1S/C16H20N2O3S/c17-11-16(8-9-16)12-22(20,21)18-10-4-7-14(18)15(19)13-5-2-1-3-6-13/h1-3,5-6,14-15,19H,4,7-10,12H2. The van der Waals surface area contributed by atoms with Crippen LogP contribution in [0.2, 0.25) is 0 Å². The van der Waals surface area contributed by atoms with Crippen molar-refractivity contribution < 1.29 is 13.5 Å². The second-order valence-electron chi connectivity index (χ2n) is 6.32. The molecule has 0 spiro atoms. The van der Waals surface area contributed by atoms with Gasteiger partial charge in [-0.2, -0.15) is 9.57 Å². The molecule has 0 amide bonds. The zero-order valence-electron chi connectivity index (χ0n) is 12.4. The molecule has 22 heavy (non-hydrogen) atoms. The Hall–Kier alpha value is -1.42. The number of benzene rings is 1. The van der Waals surface area contributed by atoms with Crippen molar-refractivity contribution in [3.63, 3.8) is 0 Å². The topological polar surface area (TPSA) is 81.4 Å². The first-order chi connectivity index (χ1) is 10.5. The van der Waals surface area contributed by atoms with E-state index < -0.39 is 27.6 Å². The maximum Gasteiger partial charge on any atom is 0.216 e. The second kappa shape index (κ2) is 5.65. The normalized spacial score (nSPS) is 25.5. The largest absolute Gasteiger partial charge is 0.387 e. The van der Waals surface area contributed by atoms with E-state index in [4.69, 9.17) is 5.26 Å². The number of hydrogen-bond acceptors (Lipinski definition) is 4. The Balaban J connectivity index is 1.80. The summed E-state index contributed by atoms with van der Waals surface area (Å²) >= 11 is 0. The van der Waals surface area contributed by atoms with Crippen molar-refractivity contribution >= 4 is 10.0 Å². The van der Waals surface area contributed by atoms with E-state index in [1.807, 2.05) is 30.3 Å². The fourth-order valence-corrected chi connectivity index (χ4v) is 5.43. The minimum Gasteiger partial charge on any atom is -0.387 e. The van der Waals surface area contributed by atoms with E-state index in [-0.39, 0.29) is 5.75 Å². The molecule has 2 unspecified atom stereocenters. The van der Waals surface area contributed by atoms with Crippen LogP contribution in [0.15, 0.2) is 30.3 Å². The van der Waals surface area contributed by atoms with Gasteiger partial charge in [0.2, 0.25) is 10.0 Å². The maximum absolute atomic E-state index is 12.7. The van der Waals surface area contributed by atoms with E-state index in [1.54, 1.807) is 0 Å². The van der Waals surface area contributed by atoms with Crippen LogP contribution in [0.5, 0.6) is 0 Å². The van der Waals surface area contributed by atoms with E-state index in [2.05, 4.69) is 6.07 Å². The van der Waals surface area contributed by atoms with Crippen molar-refractivity contribution in [3.8, 4) is 6.07 Å². The molecule has 1 N–H and O–H groups in total. The summed E-state index contributed by atoms with van der Waals surface area (Å²) in [6.07, 6.45) is 1.88. The summed E-state index contributed by atoms with van der Waals surface area (Å²) in [5, 5.41) is 19.7. The predicted molar refractivity (Wildman–Crippen MR) is 82.2 cm³/mol. The molecular formula is C16H20N2O3S. The van der Waals surface area contributed by atoms with Gasteiger partial charge in [0.25, 0.3) is 0 Å². The van der Waals surface area contributed by atoms with Crippen molar-refractivity contribution in [2.24, 2.45) is 5.41 Å². The fourth-order valence-electron chi connectivity index (χ4n) is 3.17. The lowest BCUT2D eigenvalue weighted by atomic mass is 10.0. The van der Waals surface area contributed by atoms with Gasteiger partial charge in [0.15, 0.2) is 0 Å². The van der Waals surface area contributed by atoms with Gasteiger partial charge in [-0.25, -0.2) is 8.42 Å². The van der Waals surface area contributed by atoms with Crippen molar-refractivity contribution in [1.82, 2.24) is 4.31 Å². The Morgan fingerprint density at radius 3 is 2.64 bits per heavy atom. The maximum atomic E-state index is 12.7. The minimum absolute atomic E-state index is 0.117. The van der Waals surface area contributed by atoms with Crippen molar-refractivity contribution in [3.05, 3.63) is 35.9 Å². The van der Waals surface area contributed by atoms with Crippen molar-refractivity contribution in [2.45, 2.75) is 37.8 Å². The minimum atomic E-state index is -3.52. The molecule has 1 aliphatic heterocycles. The van der Waals surface area contributed by atoms with Crippen LogP contribution < -0.4 is 0 Å². The predicted octanol–water partition coefficient (Wildman–Crippen LogP) is 1.82. The lowest BCUT2D eigenvalue weighted by Gasteiger charge is -2.28. The highest BCUT2D eigenvalue weighted by Gasteiger charge is 2.50. The molecule has 6 heteroatoms.